The first-order chi connectivity index (χ1) is 20.2. The van der Waals surface area contributed by atoms with Gasteiger partial charge in [-0.2, -0.15) is 18.3 Å². The molecule has 0 aromatic carbocycles. The molecule has 1 aliphatic rings. The van der Waals surface area contributed by atoms with Crippen molar-refractivity contribution in [3.63, 3.8) is 0 Å². The summed E-state index contributed by atoms with van der Waals surface area (Å²) in [4.78, 5) is 32.3. The van der Waals surface area contributed by atoms with Crippen LogP contribution in [0.2, 0.25) is 0 Å². The van der Waals surface area contributed by atoms with Crippen molar-refractivity contribution in [3.05, 3.63) is 90.1 Å². The first-order valence-corrected chi connectivity index (χ1v) is 13.3. The molecule has 0 atom stereocenters. The highest BCUT2D eigenvalue weighted by atomic mass is 19.4. The number of fused-ring (bicyclic) bond motifs is 1. The molecule has 42 heavy (non-hydrogen) atoms. The van der Waals surface area contributed by atoms with Crippen LogP contribution < -0.4 is 10.6 Å². The molecule has 0 bridgehead atoms. The Morgan fingerprint density at radius 1 is 0.952 bits per heavy atom. The standard InChI is InChI=1S/C29H26F3N9O/c1-18-13-23(38-26(14-18)39-25-15-20(5-9-33-25)29(30,31)32)19-3-4-24(35-16-19)37-21-6-11-40(12-7-21)28(42)22-17-36-41-10-2-8-34-27(22)41/h2-5,8-10,13-17,21H,6-7,11-12H2,1H3,(H,35,37)(H,33,38,39). The lowest BCUT2D eigenvalue weighted by Gasteiger charge is -2.32. The number of carbonyl (C=O) groups is 1. The van der Waals surface area contributed by atoms with Crippen LogP contribution in [0.4, 0.5) is 30.6 Å². The van der Waals surface area contributed by atoms with Gasteiger partial charge in [0.05, 0.1) is 17.5 Å². The third kappa shape index (κ3) is 5.85. The molecular weight excluding hydrogens is 547 g/mol. The fraction of sp³-hybridized carbons (Fsp3) is 0.241. The van der Waals surface area contributed by atoms with Crippen LogP contribution in [0.1, 0.15) is 34.3 Å². The molecule has 6 rings (SSSR count). The number of hydrogen-bond donors (Lipinski definition) is 2. The monoisotopic (exact) mass is 573 g/mol. The molecule has 6 heterocycles. The maximum absolute atomic E-state index is 13.1. The molecule has 0 unspecified atom stereocenters. The number of likely N-dealkylation sites (tertiary alicyclic amines) is 1. The van der Waals surface area contributed by atoms with Crippen LogP contribution in [0, 0.1) is 6.92 Å². The van der Waals surface area contributed by atoms with Gasteiger partial charge in [0.25, 0.3) is 5.91 Å². The van der Waals surface area contributed by atoms with Gasteiger partial charge < -0.3 is 15.5 Å². The summed E-state index contributed by atoms with van der Waals surface area (Å²) in [5.41, 5.74) is 2.50. The van der Waals surface area contributed by atoms with Crippen LogP contribution in [-0.2, 0) is 6.18 Å². The number of nitrogens with one attached hydrogen (secondary N) is 2. The van der Waals surface area contributed by atoms with Crippen molar-refractivity contribution in [1.82, 2.24) is 34.4 Å². The fourth-order valence-corrected chi connectivity index (χ4v) is 4.90. The molecule has 0 saturated carbocycles. The molecule has 214 valence electrons. The molecule has 10 nitrogen and oxygen atoms in total. The molecule has 2 N–H and O–H groups in total. The van der Waals surface area contributed by atoms with E-state index in [9.17, 15) is 18.0 Å². The van der Waals surface area contributed by atoms with E-state index in [4.69, 9.17) is 0 Å². The normalized spacial score (nSPS) is 14.2. The Balaban J connectivity index is 1.08. The highest BCUT2D eigenvalue weighted by molar-refractivity contribution is 5.99. The number of anilines is 3. The van der Waals surface area contributed by atoms with E-state index in [1.165, 1.54) is 0 Å². The Hall–Kier alpha value is -5.07. The Bertz CT molecular complexity index is 1730. The second-order valence-electron chi connectivity index (χ2n) is 10.1. The number of amides is 1. The van der Waals surface area contributed by atoms with E-state index in [-0.39, 0.29) is 17.8 Å². The average molecular weight is 574 g/mol. The third-order valence-corrected chi connectivity index (χ3v) is 7.02. The number of aryl methyl sites for hydroxylation is 1. The van der Waals surface area contributed by atoms with Gasteiger partial charge in [-0.15, -0.1) is 0 Å². The Labute approximate surface area is 238 Å². The lowest BCUT2D eigenvalue weighted by molar-refractivity contribution is -0.137. The lowest BCUT2D eigenvalue weighted by Crippen LogP contribution is -2.42. The summed E-state index contributed by atoms with van der Waals surface area (Å²) in [5, 5.41) is 10.5. The van der Waals surface area contributed by atoms with Gasteiger partial charge in [0.2, 0.25) is 0 Å². The van der Waals surface area contributed by atoms with Crippen LogP contribution in [-0.4, -0.2) is 59.5 Å². The molecular formula is C29H26F3N9O. The minimum Gasteiger partial charge on any atom is -0.367 e. The van der Waals surface area contributed by atoms with Crippen LogP contribution in [0.15, 0.2) is 73.4 Å². The van der Waals surface area contributed by atoms with Gasteiger partial charge in [-0.1, -0.05) is 0 Å². The molecule has 1 aliphatic heterocycles. The minimum atomic E-state index is -4.46. The van der Waals surface area contributed by atoms with Crippen molar-refractivity contribution in [2.45, 2.75) is 32.0 Å². The number of carbonyl (C=O) groups excluding carboxylic acids is 1. The van der Waals surface area contributed by atoms with Crippen molar-refractivity contribution in [1.29, 1.82) is 0 Å². The molecule has 0 spiro atoms. The van der Waals surface area contributed by atoms with E-state index >= 15 is 0 Å². The highest BCUT2D eigenvalue weighted by Gasteiger charge is 2.31. The smallest absolute Gasteiger partial charge is 0.367 e. The summed E-state index contributed by atoms with van der Waals surface area (Å²) in [6, 6.07) is 11.2. The Morgan fingerprint density at radius 3 is 2.55 bits per heavy atom. The molecule has 13 heteroatoms. The van der Waals surface area contributed by atoms with E-state index in [2.05, 4.69) is 35.7 Å². The Kier molecular flexibility index (Phi) is 7.15. The van der Waals surface area contributed by atoms with E-state index in [0.717, 1.165) is 42.3 Å². The highest BCUT2D eigenvalue weighted by Crippen LogP contribution is 2.31. The Morgan fingerprint density at radius 2 is 1.79 bits per heavy atom. The number of alkyl halides is 3. The molecule has 5 aromatic rings. The van der Waals surface area contributed by atoms with Gasteiger partial charge in [0.15, 0.2) is 5.65 Å². The third-order valence-electron chi connectivity index (χ3n) is 7.02. The number of hydrogen-bond acceptors (Lipinski definition) is 8. The number of piperidine rings is 1. The molecule has 5 aromatic heterocycles. The summed E-state index contributed by atoms with van der Waals surface area (Å²) < 4.78 is 40.8. The zero-order valence-electron chi connectivity index (χ0n) is 22.5. The van der Waals surface area contributed by atoms with E-state index in [0.29, 0.717) is 41.6 Å². The van der Waals surface area contributed by atoms with Gasteiger partial charge in [0.1, 0.15) is 23.0 Å². The van der Waals surface area contributed by atoms with Crippen molar-refractivity contribution < 1.29 is 18.0 Å². The topological polar surface area (TPSA) is 113 Å². The van der Waals surface area contributed by atoms with Gasteiger partial charge in [-0.3, -0.25) is 4.79 Å². The van der Waals surface area contributed by atoms with E-state index < -0.39 is 11.7 Å². The second kappa shape index (κ2) is 11.1. The number of rotatable bonds is 6. The quantitative estimate of drug-likeness (QED) is 0.279. The summed E-state index contributed by atoms with van der Waals surface area (Å²) in [5.74, 6) is 1.05. The van der Waals surface area contributed by atoms with Crippen LogP contribution in [0.3, 0.4) is 0 Å². The zero-order chi connectivity index (χ0) is 29.3. The second-order valence-corrected chi connectivity index (χ2v) is 10.1. The van der Waals surface area contributed by atoms with Crippen LogP contribution in [0.25, 0.3) is 16.9 Å². The summed E-state index contributed by atoms with van der Waals surface area (Å²) in [6.45, 7) is 3.08. The lowest BCUT2D eigenvalue weighted by atomic mass is 10.0. The molecule has 0 radical (unpaired) electrons. The number of nitrogens with zero attached hydrogens (tertiary/aromatic N) is 7. The van der Waals surface area contributed by atoms with Crippen LogP contribution >= 0.6 is 0 Å². The van der Waals surface area contributed by atoms with Crippen molar-refractivity contribution in [2.24, 2.45) is 0 Å². The van der Waals surface area contributed by atoms with E-state index in [1.54, 1.807) is 41.4 Å². The predicted octanol–water partition coefficient (Wildman–Crippen LogP) is 5.37. The van der Waals surface area contributed by atoms with Gasteiger partial charge in [-0.05, 0) is 67.8 Å². The maximum Gasteiger partial charge on any atom is 0.416 e. The fourth-order valence-electron chi connectivity index (χ4n) is 4.90. The molecule has 1 fully saturated rings. The predicted molar refractivity (Wildman–Crippen MR) is 150 cm³/mol. The molecule has 1 amide bonds. The van der Waals surface area contributed by atoms with Crippen molar-refractivity contribution in [3.8, 4) is 11.3 Å². The van der Waals surface area contributed by atoms with Crippen LogP contribution in [0.5, 0.6) is 0 Å². The van der Waals surface area contributed by atoms with Gasteiger partial charge in [-0.25, -0.2) is 24.5 Å². The largest absolute Gasteiger partial charge is 0.416 e. The van der Waals surface area contributed by atoms with Gasteiger partial charge >= 0.3 is 6.18 Å². The van der Waals surface area contributed by atoms with Gasteiger partial charge in [0, 0.05) is 49.5 Å². The summed E-state index contributed by atoms with van der Waals surface area (Å²) in [6.07, 6.45) is 4.84. The minimum absolute atomic E-state index is 0.0506. The first-order valence-electron chi connectivity index (χ1n) is 13.3. The number of halogens is 3. The molecule has 1 saturated heterocycles. The average Bonchev–Trinajstić information content (AvgIpc) is 3.41. The SMILES string of the molecule is Cc1cc(Nc2cc(C(F)(F)F)ccn2)nc(-c2ccc(NC3CCN(C(=O)c4cnn5cccnc45)CC3)nc2)c1. The van der Waals surface area contributed by atoms with Crippen molar-refractivity contribution in [2.75, 3.05) is 23.7 Å². The maximum atomic E-state index is 13.1. The number of aromatic nitrogens is 6. The van der Waals surface area contributed by atoms with Crippen molar-refractivity contribution >= 4 is 29.0 Å². The first kappa shape index (κ1) is 27.1. The zero-order valence-corrected chi connectivity index (χ0v) is 22.5. The number of pyridine rings is 3. The molecule has 0 aliphatic carbocycles. The van der Waals surface area contributed by atoms with E-state index in [1.807, 2.05) is 30.0 Å². The summed E-state index contributed by atoms with van der Waals surface area (Å²) in [7, 11) is 0. The summed E-state index contributed by atoms with van der Waals surface area (Å²) >= 11 is 0.